The Hall–Kier alpha value is -2.55. The number of rotatable bonds is 5. The van der Waals surface area contributed by atoms with Gasteiger partial charge in [0.05, 0.1) is 0 Å². The van der Waals surface area contributed by atoms with Crippen molar-refractivity contribution >= 4 is 0 Å². The Morgan fingerprint density at radius 2 is 1.27 bits per heavy atom. The van der Waals surface area contributed by atoms with Crippen LogP contribution in [0.5, 0.6) is 0 Å². The van der Waals surface area contributed by atoms with E-state index in [1.807, 2.05) is 19.1 Å². The summed E-state index contributed by atoms with van der Waals surface area (Å²) < 4.78 is 43.3. The summed E-state index contributed by atoms with van der Waals surface area (Å²) in [6.07, 6.45) is 2.54. The van der Waals surface area contributed by atoms with Crippen molar-refractivity contribution in [2.45, 2.75) is 33.1 Å². The molecule has 0 atom stereocenters. The summed E-state index contributed by atoms with van der Waals surface area (Å²) in [5.41, 5.74) is 2.95. The second-order valence-corrected chi connectivity index (χ2v) is 6.40. The summed E-state index contributed by atoms with van der Waals surface area (Å²) in [6.45, 7) is 3.94. The minimum absolute atomic E-state index is 0.0652. The minimum Gasteiger partial charge on any atom is -0.207 e. The zero-order valence-electron chi connectivity index (χ0n) is 15.0. The third kappa shape index (κ3) is 3.52. The highest BCUT2D eigenvalue weighted by molar-refractivity contribution is 5.72. The van der Waals surface area contributed by atoms with Crippen LogP contribution in [0.1, 0.15) is 31.4 Å². The predicted octanol–water partition coefficient (Wildman–Crippen LogP) is 6.95. The van der Waals surface area contributed by atoms with Gasteiger partial charge in [-0.05, 0) is 41.2 Å². The van der Waals surface area contributed by atoms with Gasteiger partial charge in [-0.15, -0.1) is 0 Å². The molecule has 0 bridgehead atoms. The van der Waals surface area contributed by atoms with Crippen LogP contribution in [-0.4, -0.2) is 0 Å². The van der Waals surface area contributed by atoms with Gasteiger partial charge < -0.3 is 0 Å². The summed E-state index contributed by atoms with van der Waals surface area (Å²) in [6, 6.07) is 15.0. The second-order valence-electron chi connectivity index (χ2n) is 6.40. The normalized spacial score (nSPS) is 11.0. The molecule has 0 aromatic heterocycles. The van der Waals surface area contributed by atoms with Crippen molar-refractivity contribution in [3.63, 3.8) is 0 Å². The Morgan fingerprint density at radius 3 is 1.81 bits per heavy atom. The fourth-order valence-corrected chi connectivity index (χ4v) is 3.14. The smallest absolute Gasteiger partial charge is 0.167 e. The predicted molar refractivity (Wildman–Crippen MR) is 101 cm³/mol. The summed E-state index contributed by atoms with van der Waals surface area (Å²) in [5.74, 6) is -2.27. The van der Waals surface area contributed by atoms with Crippen molar-refractivity contribution in [2.75, 3.05) is 0 Å². The van der Waals surface area contributed by atoms with Crippen LogP contribution in [0, 0.1) is 17.5 Å². The van der Waals surface area contributed by atoms with E-state index in [4.69, 9.17) is 0 Å². The summed E-state index contributed by atoms with van der Waals surface area (Å²) in [4.78, 5) is 0. The first kappa shape index (κ1) is 18.2. The first-order chi connectivity index (χ1) is 12.5. The SMILES string of the molecule is CCCc1ccc(-c2ccc(-c3ccc(CC)c(F)c3)c(F)c2F)cc1. The Bertz CT molecular complexity index is 911. The van der Waals surface area contributed by atoms with E-state index in [2.05, 4.69) is 6.92 Å². The van der Waals surface area contributed by atoms with Crippen molar-refractivity contribution in [1.29, 1.82) is 0 Å². The van der Waals surface area contributed by atoms with Gasteiger partial charge >= 0.3 is 0 Å². The molecule has 0 aliphatic rings. The van der Waals surface area contributed by atoms with Gasteiger partial charge in [-0.3, -0.25) is 0 Å². The van der Waals surface area contributed by atoms with E-state index in [9.17, 15) is 13.2 Å². The molecule has 3 aromatic carbocycles. The van der Waals surface area contributed by atoms with Gasteiger partial charge in [-0.1, -0.05) is 68.8 Å². The van der Waals surface area contributed by atoms with Gasteiger partial charge in [-0.25, -0.2) is 13.2 Å². The van der Waals surface area contributed by atoms with Gasteiger partial charge in [0.1, 0.15) is 5.82 Å². The first-order valence-electron chi connectivity index (χ1n) is 8.91. The molecule has 3 rings (SSSR count). The fourth-order valence-electron chi connectivity index (χ4n) is 3.14. The molecule has 0 heterocycles. The van der Waals surface area contributed by atoms with Gasteiger partial charge in [0.25, 0.3) is 0 Å². The van der Waals surface area contributed by atoms with Crippen LogP contribution in [0.3, 0.4) is 0 Å². The molecule has 0 fully saturated rings. The largest absolute Gasteiger partial charge is 0.207 e. The number of halogens is 3. The average Bonchev–Trinajstić information content (AvgIpc) is 2.65. The van der Waals surface area contributed by atoms with E-state index in [1.54, 1.807) is 30.3 Å². The van der Waals surface area contributed by atoms with Crippen molar-refractivity contribution in [3.05, 3.63) is 83.2 Å². The molecular weight excluding hydrogens is 333 g/mol. The maximum Gasteiger partial charge on any atom is 0.167 e. The molecule has 0 aliphatic carbocycles. The van der Waals surface area contributed by atoms with Gasteiger partial charge in [0.2, 0.25) is 0 Å². The van der Waals surface area contributed by atoms with E-state index < -0.39 is 17.5 Å². The van der Waals surface area contributed by atoms with Crippen molar-refractivity contribution in [1.82, 2.24) is 0 Å². The zero-order valence-corrected chi connectivity index (χ0v) is 15.0. The Kier molecular flexibility index (Phi) is 5.46. The molecule has 0 aliphatic heterocycles. The number of aryl methyl sites for hydroxylation is 2. The van der Waals surface area contributed by atoms with E-state index in [0.717, 1.165) is 12.8 Å². The lowest BCUT2D eigenvalue weighted by atomic mass is 9.97. The molecule has 0 unspecified atom stereocenters. The molecular formula is C23H21F3. The lowest BCUT2D eigenvalue weighted by Gasteiger charge is -2.11. The summed E-state index contributed by atoms with van der Waals surface area (Å²) in [7, 11) is 0. The quantitative estimate of drug-likeness (QED) is 0.465. The van der Waals surface area contributed by atoms with E-state index >= 15 is 0 Å². The zero-order chi connectivity index (χ0) is 18.7. The van der Waals surface area contributed by atoms with Gasteiger partial charge in [-0.2, -0.15) is 0 Å². The Morgan fingerprint density at radius 1 is 0.692 bits per heavy atom. The van der Waals surface area contributed by atoms with Crippen molar-refractivity contribution in [2.24, 2.45) is 0 Å². The molecule has 26 heavy (non-hydrogen) atoms. The van der Waals surface area contributed by atoms with E-state index in [-0.39, 0.29) is 11.1 Å². The lowest BCUT2D eigenvalue weighted by molar-refractivity contribution is 0.513. The molecule has 0 spiro atoms. The third-order valence-electron chi connectivity index (χ3n) is 4.63. The molecule has 0 saturated heterocycles. The standard InChI is InChI=1S/C23H21F3/c1-3-5-15-6-8-17(9-7-15)19-12-13-20(23(26)22(19)25)18-11-10-16(4-2)21(24)14-18/h6-14H,3-5H2,1-2H3. The van der Waals surface area contributed by atoms with Crippen LogP contribution in [0.25, 0.3) is 22.3 Å². The maximum absolute atomic E-state index is 14.7. The molecule has 134 valence electrons. The topological polar surface area (TPSA) is 0 Å². The molecule has 0 saturated carbocycles. The average molecular weight is 354 g/mol. The molecule has 0 radical (unpaired) electrons. The molecule has 0 N–H and O–H groups in total. The summed E-state index contributed by atoms with van der Waals surface area (Å²) >= 11 is 0. The fraction of sp³-hybridized carbons (Fsp3) is 0.217. The number of hydrogen-bond donors (Lipinski definition) is 0. The highest BCUT2D eigenvalue weighted by atomic mass is 19.2. The van der Waals surface area contributed by atoms with Gasteiger partial charge in [0.15, 0.2) is 11.6 Å². The summed E-state index contributed by atoms with van der Waals surface area (Å²) in [5, 5.41) is 0. The molecule has 3 aromatic rings. The Labute approximate surface area is 152 Å². The minimum atomic E-state index is -0.955. The van der Waals surface area contributed by atoms with Crippen LogP contribution in [0.15, 0.2) is 54.6 Å². The first-order valence-corrected chi connectivity index (χ1v) is 8.91. The number of hydrogen-bond acceptors (Lipinski definition) is 0. The molecule has 3 heteroatoms. The molecule has 0 amide bonds. The van der Waals surface area contributed by atoms with Crippen LogP contribution >= 0.6 is 0 Å². The highest BCUT2D eigenvalue weighted by Gasteiger charge is 2.16. The van der Waals surface area contributed by atoms with Crippen LogP contribution in [-0.2, 0) is 12.8 Å². The van der Waals surface area contributed by atoms with Crippen LogP contribution < -0.4 is 0 Å². The van der Waals surface area contributed by atoms with Crippen LogP contribution in [0.2, 0.25) is 0 Å². The Balaban J connectivity index is 1.99. The molecule has 0 nitrogen and oxygen atoms in total. The second kappa shape index (κ2) is 7.77. The third-order valence-corrected chi connectivity index (χ3v) is 4.63. The van der Waals surface area contributed by atoms with Crippen LogP contribution in [0.4, 0.5) is 13.2 Å². The van der Waals surface area contributed by atoms with E-state index in [0.29, 0.717) is 23.1 Å². The van der Waals surface area contributed by atoms with Crippen molar-refractivity contribution in [3.8, 4) is 22.3 Å². The maximum atomic E-state index is 14.7. The highest BCUT2D eigenvalue weighted by Crippen LogP contribution is 2.32. The van der Waals surface area contributed by atoms with Crippen molar-refractivity contribution < 1.29 is 13.2 Å². The van der Waals surface area contributed by atoms with E-state index in [1.165, 1.54) is 17.7 Å². The van der Waals surface area contributed by atoms with Gasteiger partial charge in [0, 0.05) is 11.1 Å². The number of benzene rings is 3. The monoisotopic (exact) mass is 354 g/mol. The lowest BCUT2D eigenvalue weighted by Crippen LogP contribution is -1.96.